The molecule has 3 heteroatoms. The van der Waals surface area contributed by atoms with E-state index in [0.29, 0.717) is 0 Å². The van der Waals surface area contributed by atoms with Crippen molar-refractivity contribution in [2.24, 2.45) is 0 Å². The molecule has 0 atom stereocenters. The van der Waals surface area contributed by atoms with E-state index in [4.69, 9.17) is 4.74 Å². The van der Waals surface area contributed by atoms with Crippen molar-refractivity contribution < 1.29 is 4.74 Å². The zero-order valence-electron chi connectivity index (χ0n) is 16.0. The van der Waals surface area contributed by atoms with E-state index in [1.54, 1.807) is 0 Å². The van der Waals surface area contributed by atoms with Crippen LogP contribution in [0.3, 0.4) is 0 Å². The molecule has 1 spiro atoms. The number of fused-ring (bicyclic) bond motifs is 1. The Morgan fingerprint density at radius 1 is 1.00 bits per heavy atom. The Bertz CT molecular complexity index is 571. The van der Waals surface area contributed by atoms with Gasteiger partial charge in [0, 0.05) is 30.7 Å². The summed E-state index contributed by atoms with van der Waals surface area (Å²) in [6, 6.07) is 10.2. The molecule has 138 valence electrons. The predicted molar refractivity (Wildman–Crippen MR) is 103 cm³/mol. The van der Waals surface area contributed by atoms with Gasteiger partial charge in [-0.25, -0.2) is 0 Å². The van der Waals surface area contributed by atoms with Gasteiger partial charge >= 0.3 is 0 Å². The fourth-order valence-electron chi connectivity index (χ4n) is 5.25. The number of rotatable bonds is 2. The maximum Gasteiger partial charge on any atom is 0.124 e. The first-order valence-electron chi connectivity index (χ1n) is 10.3. The molecule has 0 saturated heterocycles. The number of benzene rings is 1. The van der Waals surface area contributed by atoms with Crippen molar-refractivity contribution in [2.45, 2.75) is 82.0 Å². The van der Waals surface area contributed by atoms with Crippen LogP contribution in [0.1, 0.15) is 63.4 Å². The highest BCUT2D eigenvalue weighted by molar-refractivity contribution is 5.35. The number of hydrogen-bond donors (Lipinski definition) is 0. The van der Waals surface area contributed by atoms with E-state index in [9.17, 15) is 0 Å². The van der Waals surface area contributed by atoms with Crippen molar-refractivity contribution in [3.63, 3.8) is 0 Å². The molecule has 0 bridgehead atoms. The van der Waals surface area contributed by atoms with Crippen LogP contribution in [0.2, 0.25) is 0 Å². The molecule has 0 amide bonds. The molecule has 3 nitrogen and oxygen atoms in total. The summed E-state index contributed by atoms with van der Waals surface area (Å²) < 4.78 is 6.77. The van der Waals surface area contributed by atoms with E-state index in [1.165, 1.54) is 63.4 Å². The lowest BCUT2D eigenvalue weighted by Gasteiger charge is -2.44. The number of hydrogen-bond acceptors (Lipinski definition) is 3. The Morgan fingerprint density at radius 3 is 2.44 bits per heavy atom. The van der Waals surface area contributed by atoms with Crippen molar-refractivity contribution in [3.8, 4) is 5.75 Å². The van der Waals surface area contributed by atoms with Crippen LogP contribution in [0.4, 0.5) is 0 Å². The lowest BCUT2D eigenvalue weighted by molar-refractivity contribution is -0.0244. The summed E-state index contributed by atoms with van der Waals surface area (Å²) in [4.78, 5) is 5.18. The van der Waals surface area contributed by atoms with Crippen molar-refractivity contribution >= 4 is 0 Å². The van der Waals surface area contributed by atoms with Crippen molar-refractivity contribution in [1.29, 1.82) is 0 Å². The average molecular weight is 343 g/mol. The summed E-state index contributed by atoms with van der Waals surface area (Å²) in [5.74, 6) is 1.14. The Balaban J connectivity index is 1.58. The SMILES string of the molecule is CN(C)C1CCC2(CC1)CN(C1CCCCC1)Cc1ccccc1O2. The Hall–Kier alpha value is -1.06. The molecular weight excluding hydrogens is 308 g/mol. The van der Waals surface area contributed by atoms with E-state index < -0.39 is 0 Å². The van der Waals surface area contributed by atoms with Gasteiger partial charge < -0.3 is 9.64 Å². The fourth-order valence-corrected chi connectivity index (χ4v) is 5.25. The average Bonchev–Trinajstić information content (AvgIpc) is 2.79. The van der Waals surface area contributed by atoms with Crippen LogP contribution in [-0.2, 0) is 6.54 Å². The molecule has 2 fully saturated rings. The summed E-state index contributed by atoms with van der Waals surface area (Å²) in [7, 11) is 4.44. The molecule has 4 rings (SSSR count). The summed E-state index contributed by atoms with van der Waals surface area (Å²) in [6.45, 7) is 2.19. The fraction of sp³-hybridized carbons (Fsp3) is 0.727. The van der Waals surface area contributed by atoms with Gasteiger partial charge in [-0.05, 0) is 58.7 Å². The number of nitrogens with zero attached hydrogens (tertiary/aromatic N) is 2. The van der Waals surface area contributed by atoms with Gasteiger partial charge in [0.15, 0.2) is 0 Å². The largest absolute Gasteiger partial charge is 0.486 e. The Morgan fingerprint density at radius 2 is 1.72 bits per heavy atom. The maximum atomic E-state index is 6.77. The summed E-state index contributed by atoms with van der Waals surface area (Å²) in [6.07, 6.45) is 11.9. The lowest BCUT2D eigenvalue weighted by Crippen LogP contribution is -2.52. The highest BCUT2D eigenvalue weighted by Gasteiger charge is 2.42. The molecule has 0 radical (unpaired) electrons. The van der Waals surface area contributed by atoms with Crippen molar-refractivity contribution in [3.05, 3.63) is 29.8 Å². The Kier molecular flexibility index (Phi) is 5.06. The molecule has 1 aliphatic heterocycles. The third kappa shape index (κ3) is 3.73. The molecule has 2 aliphatic carbocycles. The van der Waals surface area contributed by atoms with Gasteiger partial charge in [0.2, 0.25) is 0 Å². The van der Waals surface area contributed by atoms with Crippen LogP contribution >= 0.6 is 0 Å². The van der Waals surface area contributed by atoms with Crippen LogP contribution in [0.5, 0.6) is 5.75 Å². The molecule has 3 aliphatic rings. The molecule has 0 unspecified atom stereocenters. The minimum absolute atomic E-state index is 0.0244. The summed E-state index contributed by atoms with van der Waals surface area (Å²) in [5.41, 5.74) is 1.41. The molecule has 2 saturated carbocycles. The van der Waals surface area contributed by atoms with Gasteiger partial charge in [-0.3, -0.25) is 4.90 Å². The van der Waals surface area contributed by atoms with E-state index in [-0.39, 0.29) is 5.60 Å². The van der Waals surface area contributed by atoms with Crippen molar-refractivity contribution in [2.75, 3.05) is 20.6 Å². The minimum Gasteiger partial charge on any atom is -0.486 e. The smallest absolute Gasteiger partial charge is 0.124 e. The molecule has 25 heavy (non-hydrogen) atoms. The summed E-state index contributed by atoms with van der Waals surface area (Å²) >= 11 is 0. The zero-order chi connectivity index (χ0) is 17.3. The second kappa shape index (κ2) is 7.28. The zero-order valence-corrected chi connectivity index (χ0v) is 16.0. The van der Waals surface area contributed by atoms with Gasteiger partial charge in [-0.1, -0.05) is 37.5 Å². The quantitative estimate of drug-likeness (QED) is 0.789. The lowest BCUT2D eigenvalue weighted by atomic mass is 9.80. The third-order valence-electron chi connectivity index (χ3n) is 6.85. The summed E-state index contributed by atoms with van der Waals surface area (Å²) in [5, 5.41) is 0. The topological polar surface area (TPSA) is 15.7 Å². The van der Waals surface area contributed by atoms with E-state index in [2.05, 4.69) is 48.2 Å². The first kappa shape index (κ1) is 17.4. The van der Waals surface area contributed by atoms with Crippen LogP contribution in [0.25, 0.3) is 0 Å². The normalized spacial score (nSPS) is 31.6. The minimum atomic E-state index is 0.0244. The highest BCUT2D eigenvalue weighted by Crippen LogP contribution is 2.40. The standard InChI is InChI=1S/C22H34N2O/c1-23(2)19-12-14-22(15-13-19)17-24(20-9-4-3-5-10-20)16-18-8-6-7-11-21(18)25-22/h6-8,11,19-20H,3-5,9-10,12-17H2,1-2H3. The second-order valence-corrected chi connectivity index (χ2v) is 8.78. The molecule has 0 N–H and O–H groups in total. The molecule has 1 heterocycles. The molecule has 0 aromatic heterocycles. The van der Waals surface area contributed by atoms with Crippen LogP contribution in [0, 0.1) is 0 Å². The van der Waals surface area contributed by atoms with Gasteiger partial charge in [0.1, 0.15) is 11.4 Å². The van der Waals surface area contributed by atoms with Gasteiger partial charge in [0.05, 0.1) is 0 Å². The third-order valence-corrected chi connectivity index (χ3v) is 6.85. The van der Waals surface area contributed by atoms with Crippen LogP contribution in [0.15, 0.2) is 24.3 Å². The number of ether oxygens (including phenoxy) is 1. The first-order valence-corrected chi connectivity index (χ1v) is 10.3. The molecular formula is C22H34N2O. The van der Waals surface area contributed by atoms with Crippen LogP contribution < -0.4 is 4.74 Å². The van der Waals surface area contributed by atoms with E-state index in [1.807, 2.05) is 0 Å². The second-order valence-electron chi connectivity index (χ2n) is 8.78. The highest BCUT2D eigenvalue weighted by atomic mass is 16.5. The first-order chi connectivity index (χ1) is 12.2. The molecule has 1 aromatic rings. The van der Waals surface area contributed by atoms with Gasteiger partial charge in [0.25, 0.3) is 0 Å². The van der Waals surface area contributed by atoms with Crippen LogP contribution in [-0.4, -0.2) is 48.1 Å². The van der Waals surface area contributed by atoms with E-state index >= 15 is 0 Å². The van der Waals surface area contributed by atoms with Gasteiger partial charge in [-0.15, -0.1) is 0 Å². The predicted octanol–water partition coefficient (Wildman–Crippen LogP) is 4.46. The van der Waals surface area contributed by atoms with Crippen molar-refractivity contribution in [1.82, 2.24) is 9.80 Å². The van der Waals surface area contributed by atoms with Gasteiger partial charge in [-0.2, -0.15) is 0 Å². The maximum absolute atomic E-state index is 6.77. The molecule has 1 aromatic carbocycles. The number of para-hydroxylation sites is 1. The monoisotopic (exact) mass is 342 g/mol. The Labute approximate surface area is 153 Å². The van der Waals surface area contributed by atoms with E-state index in [0.717, 1.165) is 30.9 Å².